The molecule has 1 saturated carbocycles. The molecule has 0 saturated heterocycles. The molecule has 0 amide bonds. The topological polar surface area (TPSA) is 0 Å². The van der Waals surface area contributed by atoms with Crippen LogP contribution in [0.25, 0.3) is 0 Å². The average molecular weight is 259 g/mol. The van der Waals surface area contributed by atoms with Gasteiger partial charge in [0.15, 0.2) is 0 Å². The molecule has 1 aliphatic carbocycles. The number of rotatable bonds is 1. The fraction of sp³-hybridized carbons (Fsp3) is 0.857. The van der Waals surface area contributed by atoms with Crippen LogP contribution in [0.2, 0.25) is 0 Å². The molecule has 0 aliphatic heterocycles. The van der Waals surface area contributed by atoms with Crippen molar-refractivity contribution in [3.8, 4) is 0 Å². The third kappa shape index (κ3) is 0.912. The third-order valence-electron chi connectivity index (χ3n) is 2.52. The molecule has 16 heavy (non-hydrogen) atoms. The van der Waals surface area contributed by atoms with Gasteiger partial charge in [-0.05, 0) is 13.3 Å². The Morgan fingerprint density at radius 3 is 0.938 bits per heavy atom. The van der Waals surface area contributed by atoms with Gasteiger partial charge in [0, 0.05) is 0 Å². The van der Waals surface area contributed by atoms with E-state index in [1.165, 1.54) is 0 Å². The summed E-state index contributed by atoms with van der Waals surface area (Å²) in [7, 11) is 0. The van der Waals surface area contributed by atoms with Crippen molar-refractivity contribution < 1.29 is 39.5 Å². The normalized spacial score (nSPS) is 32.6. The standard InChI is InChI=1S/C7H4F9/c1-2-3(8)4(9,10)6(13,14)7(15,16)5(3,11)12/h1-2H2. The first-order valence-corrected chi connectivity index (χ1v) is 3.80. The van der Waals surface area contributed by atoms with E-state index < -0.39 is 35.8 Å². The zero-order valence-electron chi connectivity index (χ0n) is 7.32. The van der Waals surface area contributed by atoms with E-state index in [0.717, 1.165) is 0 Å². The molecule has 95 valence electrons. The van der Waals surface area contributed by atoms with Crippen molar-refractivity contribution in [1.29, 1.82) is 0 Å². The van der Waals surface area contributed by atoms with Crippen LogP contribution in [0.5, 0.6) is 0 Å². The van der Waals surface area contributed by atoms with E-state index in [-0.39, 0.29) is 0 Å². The minimum absolute atomic E-state index is 2.11. The maximum atomic E-state index is 13.1. The summed E-state index contributed by atoms with van der Waals surface area (Å²) in [5, 5.41) is 0. The summed E-state index contributed by atoms with van der Waals surface area (Å²) in [6, 6.07) is 0. The van der Waals surface area contributed by atoms with Gasteiger partial charge in [0.2, 0.25) is 5.67 Å². The molecule has 0 nitrogen and oxygen atoms in total. The molecule has 0 spiro atoms. The molecule has 0 atom stereocenters. The molecule has 9 heteroatoms. The summed E-state index contributed by atoms with van der Waals surface area (Å²) >= 11 is 0. The summed E-state index contributed by atoms with van der Waals surface area (Å²) in [6.45, 7) is 2.26. The van der Waals surface area contributed by atoms with Gasteiger partial charge in [0.05, 0.1) is 0 Å². The van der Waals surface area contributed by atoms with Gasteiger partial charge >= 0.3 is 23.7 Å². The lowest BCUT2D eigenvalue weighted by atomic mass is 9.94. The zero-order valence-corrected chi connectivity index (χ0v) is 7.32. The van der Waals surface area contributed by atoms with Gasteiger partial charge in [-0.3, -0.25) is 0 Å². The van der Waals surface area contributed by atoms with E-state index >= 15 is 0 Å². The van der Waals surface area contributed by atoms with Crippen LogP contribution in [0.15, 0.2) is 0 Å². The summed E-state index contributed by atoms with van der Waals surface area (Å²) in [6.07, 6.45) is -2.11. The van der Waals surface area contributed by atoms with E-state index in [1.807, 2.05) is 0 Å². The van der Waals surface area contributed by atoms with Crippen LogP contribution in [0.3, 0.4) is 0 Å². The fourth-order valence-corrected chi connectivity index (χ4v) is 1.40. The van der Waals surface area contributed by atoms with Gasteiger partial charge in [-0.15, -0.1) is 0 Å². The molecule has 0 aromatic rings. The maximum Gasteiger partial charge on any atom is 0.381 e. The Morgan fingerprint density at radius 1 is 0.562 bits per heavy atom. The largest absolute Gasteiger partial charge is 0.381 e. The fourth-order valence-electron chi connectivity index (χ4n) is 1.40. The lowest BCUT2D eigenvalue weighted by Gasteiger charge is -2.29. The van der Waals surface area contributed by atoms with Gasteiger partial charge in [-0.2, -0.15) is 35.1 Å². The number of hydrogen-bond donors (Lipinski definition) is 0. The highest BCUT2D eigenvalue weighted by molar-refractivity contribution is 5.26. The van der Waals surface area contributed by atoms with E-state index in [9.17, 15) is 39.5 Å². The molecule has 1 aliphatic rings. The van der Waals surface area contributed by atoms with Crippen LogP contribution < -0.4 is 0 Å². The maximum absolute atomic E-state index is 13.1. The molecule has 1 fully saturated rings. The lowest BCUT2D eigenvalue weighted by Crippen LogP contribution is -2.54. The van der Waals surface area contributed by atoms with Crippen LogP contribution in [0, 0.1) is 6.92 Å². The van der Waals surface area contributed by atoms with E-state index in [0.29, 0.717) is 0 Å². The Balaban J connectivity index is 3.58. The van der Waals surface area contributed by atoms with Crippen molar-refractivity contribution in [1.82, 2.24) is 0 Å². The smallest absolute Gasteiger partial charge is 0.230 e. The van der Waals surface area contributed by atoms with Gasteiger partial charge in [0.25, 0.3) is 0 Å². The molecule has 0 bridgehead atoms. The van der Waals surface area contributed by atoms with Crippen LogP contribution in [0.4, 0.5) is 39.5 Å². The minimum Gasteiger partial charge on any atom is -0.230 e. The second-order valence-corrected chi connectivity index (χ2v) is 3.35. The Bertz CT molecular complexity index is 279. The Labute approximate surface area is 83.4 Å². The molecule has 0 aromatic carbocycles. The molecule has 0 heterocycles. The Kier molecular flexibility index (Phi) is 2.34. The Hall–Kier alpha value is -0.630. The average Bonchev–Trinajstić information content (AvgIpc) is 2.18. The van der Waals surface area contributed by atoms with Crippen molar-refractivity contribution in [2.75, 3.05) is 0 Å². The second kappa shape index (κ2) is 2.79. The zero-order chi connectivity index (χ0) is 13.2. The molecule has 0 aromatic heterocycles. The lowest BCUT2D eigenvalue weighted by molar-refractivity contribution is -0.303. The van der Waals surface area contributed by atoms with E-state index in [1.54, 1.807) is 0 Å². The Morgan fingerprint density at radius 2 is 0.812 bits per heavy atom. The summed E-state index contributed by atoms with van der Waals surface area (Å²) in [5.74, 6) is -25.4. The van der Waals surface area contributed by atoms with Crippen LogP contribution in [0.1, 0.15) is 6.42 Å². The number of hydrogen-bond acceptors (Lipinski definition) is 0. The molecule has 0 unspecified atom stereocenters. The highest BCUT2D eigenvalue weighted by Gasteiger charge is 2.99. The van der Waals surface area contributed by atoms with Crippen LogP contribution in [-0.4, -0.2) is 29.4 Å². The van der Waals surface area contributed by atoms with Crippen molar-refractivity contribution in [2.24, 2.45) is 0 Å². The first kappa shape index (κ1) is 13.4. The van der Waals surface area contributed by atoms with Gasteiger partial charge in [-0.1, -0.05) is 0 Å². The van der Waals surface area contributed by atoms with E-state index in [2.05, 4.69) is 6.92 Å². The van der Waals surface area contributed by atoms with Gasteiger partial charge in [-0.25, -0.2) is 4.39 Å². The van der Waals surface area contributed by atoms with Gasteiger partial charge < -0.3 is 0 Å². The number of alkyl halides is 9. The predicted octanol–water partition coefficient (Wildman–Crippen LogP) is 3.47. The van der Waals surface area contributed by atoms with Crippen molar-refractivity contribution >= 4 is 0 Å². The van der Waals surface area contributed by atoms with Crippen molar-refractivity contribution in [3.63, 3.8) is 0 Å². The molecular weight excluding hydrogens is 255 g/mol. The highest BCUT2D eigenvalue weighted by Crippen LogP contribution is 2.69. The van der Waals surface area contributed by atoms with E-state index in [4.69, 9.17) is 0 Å². The van der Waals surface area contributed by atoms with Crippen LogP contribution in [-0.2, 0) is 0 Å². The molecule has 0 N–H and O–H groups in total. The van der Waals surface area contributed by atoms with Gasteiger partial charge in [0.1, 0.15) is 0 Å². The number of halogens is 9. The molecule has 1 radical (unpaired) electrons. The minimum atomic E-state index is -6.48. The monoisotopic (exact) mass is 259 g/mol. The van der Waals surface area contributed by atoms with Crippen LogP contribution >= 0.6 is 0 Å². The highest BCUT2D eigenvalue weighted by atomic mass is 19.4. The predicted molar refractivity (Wildman–Crippen MR) is 33.6 cm³/mol. The second-order valence-electron chi connectivity index (χ2n) is 3.35. The SMILES string of the molecule is [CH2]CC1(F)C(F)(F)C(F)(F)C(F)(F)C1(F)F. The summed E-state index contributed by atoms with van der Waals surface area (Å²) < 4.78 is 113. The first-order chi connectivity index (χ1) is 6.81. The third-order valence-corrected chi connectivity index (χ3v) is 2.52. The van der Waals surface area contributed by atoms with Crippen molar-refractivity contribution in [3.05, 3.63) is 6.92 Å². The van der Waals surface area contributed by atoms with Crippen molar-refractivity contribution in [2.45, 2.75) is 35.8 Å². The summed E-state index contributed by atoms with van der Waals surface area (Å²) in [5.41, 5.74) is -5.38. The summed E-state index contributed by atoms with van der Waals surface area (Å²) in [4.78, 5) is 0. The molecule has 1 rings (SSSR count). The molecular formula is C7H4F9. The first-order valence-electron chi connectivity index (χ1n) is 3.80. The quantitative estimate of drug-likeness (QED) is 0.632.